The highest BCUT2D eigenvalue weighted by Crippen LogP contribution is 2.32. The zero-order valence-electron chi connectivity index (χ0n) is 11.5. The Hall–Kier alpha value is -1.26. The Morgan fingerprint density at radius 3 is 2.68 bits per heavy atom. The van der Waals surface area contributed by atoms with Crippen LogP contribution in [0, 0.1) is 0 Å². The molecule has 19 heavy (non-hydrogen) atoms. The molecular formula is C15H23NO3. The van der Waals surface area contributed by atoms with E-state index in [1.165, 1.54) is 12.8 Å². The summed E-state index contributed by atoms with van der Waals surface area (Å²) in [5.41, 5.74) is 6.83. The van der Waals surface area contributed by atoms with Crippen molar-refractivity contribution in [2.45, 2.75) is 44.2 Å². The third-order valence-electron chi connectivity index (χ3n) is 3.56. The normalized spacial score (nSPS) is 17.4. The second-order valence-corrected chi connectivity index (χ2v) is 5.16. The molecule has 1 fully saturated rings. The minimum Gasteiger partial charge on any atom is -0.493 e. The van der Waals surface area contributed by atoms with Gasteiger partial charge in [-0.3, -0.25) is 0 Å². The molecule has 4 nitrogen and oxygen atoms in total. The standard InChI is InChI=1S/C15H23NO3/c1-18-14-7-6-11(8-12(16)10-17)9-15(14)19-13-4-2-3-5-13/h6-7,9,12-13,17H,2-5,8,10,16H2,1H3. The van der Waals surface area contributed by atoms with Crippen molar-refractivity contribution in [2.75, 3.05) is 13.7 Å². The van der Waals surface area contributed by atoms with E-state index in [0.717, 1.165) is 29.9 Å². The zero-order chi connectivity index (χ0) is 13.7. The van der Waals surface area contributed by atoms with E-state index in [1.807, 2.05) is 18.2 Å². The third kappa shape index (κ3) is 3.85. The highest BCUT2D eigenvalue weighted by atomic mass is 16.5. The van der Waals surface area contributed by atoms with Crippen molar-refractivity contribution in [3.05, 3.63) is 23.8 Å². The first kappa shape index (κ1) is 14.2. The van der Waals surface area contributed by atoms with Crippen LogP contribution in [0.15, 0.2) is 18.2 Å². The van der Waals surface area contributed by atoms with Crippen LogP contribution < -0.4 is 15.2 Å². The topological polar surface area (TPSA) is 64.7 Å². The summed E-state index contributed by atoms with van der Waals surface area (Å²) in [6, 6.07) is 5.62. The number of hydrogen-bond acceptors (Lipinski definition) is 4. The molecule has 0 amide bonds. The summed E-state index contributed by atoms with van der Waals surface area (Å²) in [6.45, 7) is -0.00908. The van der Waals surface area contributed by atoms with Gasteiger partial charge < -0.3 is 20.3 Å². The van der Waals surface area contributed by atoms with E-state index in [4.69, 9.17) is 20.3 Å². The average molecular weight is 265 g/mol. The fourth-order valence-corrected chi connectivity index (χ4v) is 2.49. The second kappa shape index (κ2) is 6.78. The largest absolute Gasteiger partial charge is 0.493 e. The van der Waals surface area contributed by atoms with Gasteiger partial charge in [-0.15, -0.1) is 0 Å². The van der Waals surface area contributed by atoms with Crippen molar-refractivity contribution in [3.8, 4) is 11.5 Å². The molecule has 0 spiro atoms. The van der Waals surface area contributed by atoms with Gasteiger partial charge in [0.25, 0.3) is 0 Å². The van der Waals surface area contributed by atoms with Gasteiger partial charge in [0, 0.05) is 6.04 Å². The summed E-state index contributed by atoms with van der Waals surface area (Å²) < 4.78 is 11.4. The van der Waals surface area contributed by atoms with Gasteiger partial charge in [-0.2, -0.15) is 0 Å². The molecule has 3 N–H and O–H groups in total. The maximum absolute atomic E-state index is 9.02. The van der Waals surface area contributed by atoms with Crippen molar-refractivity contribution in [1.29, 1.82) is 0 Å². The van der Waals surface area contributed by atoms with E-state index in [0.29, 0.717) is 12.5 Å². The summed E-state index contributed by atoms with van der Waals surface area (Å²) in [5.74, 6) is 1.55. The van der Waals surface area contributed by atoms with Gasteiger partial charge in [0.1, 0.15) is 0 Å². The first-order valence-corrected chi connectivity index (χ1v) is 6.93. The first-order chi connectivity index (χ1) is 9.22. The van der Waals surface area contributed by atoms with Crippen molar-refractivity contribution in [2.24, 2.45) is 5.73 Å². The Kier molecular flexibility index (Phi) is 5.05. The molecule has 0 heterocycles. The van der Waals surface area contributed by atoms with Crippen molar-refractivity contribution >= 4 is 0 Å². The zero-order valence-corrected chi connectivity index (χ0v) is 11.5. The molecule has 0 aliphatic heterocycles. The summed E-state index contributed by atoms with van der Waals surface area (Å²) in [7, 11) is 1.65. The Morgan fingerprint density at radius 1 is 1.32 bits per heavy atom. The predicted molar refractivity (Wildman–Crippen MR) is 74.6 cm³/mol. The van der Waals surface area contributed by atoms with Crippen LogP contribution in [0.4, 0.5) is 0 Å². The summed E-state index contributed by atoms with van der Waals surface area (Å²) >= 11 is 0. The molecule has 106 valence electrons. The van der Waals surface area contributed by atoms with E-state index in [9.17, 15) is 0 Å². The van der Waals surface area contributed by atoms with E-state index in [-0.39, 0.29) is 12.6 Å². The smallest absolute Gasteiger partial charge is 0.161 e. The lowest BCUT2D eigenvalue weighted by Crippen LogP contribution is -2.26. The van der Waals surface area contributed by atoms with Crippen LogP contribution in [-0.2, 0) is 6.42 Å². The second-order valence-electron chi connectivity index (χ2n) is 5.16. The minimum absolute atomic E-state index is 0.00908. The van der Waals surface area contributed by atoms with E-state index < -0.39 is 0 Å². The molecule has 1 aliphatic carbocycles. The van der Waals surface area contributed by atoms with Crippen LogP contribution in [0.5, 0.6) is 11.5 Å². The lowest BCUT2D eigenvalue weighted by molar-refractivity contribution is 0.200. The number of aliphatic hydroxyl groups is 1. The lowest BCUT2D eigenvalue weighted by atomic mass is 10.1. The molecule has 1 aromatic rings. The number of hydrogen-bond donors (Lipinski definition) is 2. The quantitative estimate of drug-likeness (QED) is 0.824. The summed E-state index contributed by atoms with van der Waals surface area (Å²) in [5, 5.41) is 9.02. The SMILES string of the molecule is COc1ccc(CC(N)CO)cc1OC1CCCC1. The third-order valence-corrected chi connectivity index (χ3v) is 3.56. The average Bonchev–Trinajstić information content (AvgIpc) is 2.92. The molecule has 1 aromatic carbocycles. The van der Waals surface area contributed by atoms with Crippen molar-refractivity contribution < 1.29 is 14.6 Å². The Labute approximate surface area is 114 Å². The maximum Gasteiger partial charge on any atom is 0.161 e. The molecule has 0 aromatic heterocycles. The van der Waals surface area contributed by atoms with Crippen molar-refractivity contribution in [1.82, 2.24) is 0 Å². The van der Waals surface area contributed by atoms with E-state index in [1.54, 1.807) is 7.11 Å². The van der Waals surface area contributed by atoms with Gasteiger partial charge >= 0.3 is 0 Å². The molecule has 2 rings (SSSR count). The summed E-state index contributed by atoms with van der Waals surface area (Å²) in [4.78, 5) is 0. The lowest BCUT2D eigenvalue weighted by Gasteiger charge is -2.17. The maximum atomic E-state index is 9.02. The van der Waals surface area contributed by atoms with Gasteiger partial charge in [0.05, 0.1) is 19.8 Å². The van der Waals surface area contributed by atoms with E-state index >= 15 is 0 Å². The molecular weight excluding hydrogens is 242 g/mol. The van der Waals surface area contributed by atoms with Gasteiger partial charge in [0.2, 0.25) is 0 Å². The number of ether oxygens (including phenoxy) is 2. The van der Waals surface area contributed by atoms with Gasteiger partial charge in [-0.25, -0.2) is 0 Å². The number of benzene rings is 1. The number of aliphatic hydroxyl groups excluding tert-OH is 1. The molecule has 0 radical (unpaired) electrons. The van der Waals surface area contributed by atoms with Gasteiger partial charge in [0.15, 0.2) is 11.5 Å². The Bertz CT molecular complexity index is 402. The van der Waals surface area contributed by atoms with E-state index in [2.05, 4.69) is 0 Å². The van der Waals surface area contributed by atoms with Crippen LogP contribution in [0.3, 0.4) is 0 Å². The first-order valence-electron chi connectivity index (χ1n) is 6.93. The van der Waals surface area contributed by atoms with Crippen LogP contribution in [0.2, 0.25) is 0 Å². The number of rotatable bonds is 6. The Morgan fingerprint density at radius 2 is 2.05 bits per heavy atom. The molecule has 1 unspecified atom stereocenters. The predicted octanol–water partition coefficient (Wildman–Crippen LogP) is 1.88. The van der Waals surface area contributed by atoms with Crippen LogP contribution in [0.1, 0.15) is 31.2 Å². The van der Waals surface area contributed by atoms with Gasteiger partial charge in [-0.05, 0) is 49.8 Å². The highest BCUT2D eigenvalue weighted by molar-refractivity contribution is 5.43. The summed E-state index contributed by atoms with van der Waals surface area (Å²) in [6.07, 6.45) is 5.65. The fourth-order valence-electron chi connectivity index (χ4n) is 2.49. The van der Waals surface area contributed by atoms with Crippen LogP contribution in [-0.4, -0.2) is 31.0 Å². The van der Waals surface area contributed by atoms with Crippen LogP contribution >= 0.6 is 0 Å². The molecule has 1 aliphatic rings. The monoisotopic (exact) mass is 265 g/mol. The molecule has 4 heteroatoms. The minimum atomic E-state index is -0.229. The van der Waals surface area contributed by atoms with Gasteiger partial charge in [-0.1, -0.05) is 6.07 Å². The van der Waals surface area contributed by atoms with Crippen LogP contribution in [0.25, 0.3) is 0 Å². The molecule has 0 saturated heterocycles. The Balaban J connectivity index is 2.10. The van der Waals surface area contributed by atoms with Crippen molar-refractivity contribution in [3.63, 3.8) is 0 Å². The molecule has 1 saturated carbocycles. The number of methoxy groups -OCH3 is 1. The fraction of sp³-hybridized carbons (Fsp3) is 0.600. The molecule has 0 bridgehead atoms. The highest BCUT2D eigenvalue weighted by Gasteiger charge is 2.18. The molecule has 1 atom stereocenters. The number of nitrogens with two attached hydrogens (primary N) is 1.